The van der Waals surface area contributed by atoms with Gasteiger partial charge in [0, 0.05) is 26.3 Å². The van der Waals surface area contributed by atoms with E-state index in [1.165, 1.54) is 11.1 Å². The molecule has 0 aliphatic carbocycles. The van der Waals surface area contributed by atoms with Gasteiger partial charge in [-0.15, -0.1) is 0 Å². The fraction of sp³-hybridized carbons (Fsp3) is 0.455. The van der Waals surface area contributed by atoms with Crippen LogP contribution < -0.4 is 0 Å². The first kappa shape index (κ1) is 19.9. The van der Waals surface area contributed by atoms with E-state index in [2.05, 4.69) is 88.4 Å². The lowest BCUT2D eigenvalue weighted by Crippen LogP contribution is -2.48. The summed E-state index contributed by atoms with van der Waals surface area (Å²) in [6, 6.07) is 23.2. The van der Waals surface area contributed by atoms with Crippen molar-refractivity contribution in [3.63, 3.8) is 0 Å². The Morgan fingerprint density at radius 1 is 0.640 bits per heavy atom. The van der Waals surface area contributed by atoms with Crippen molar-refractivity contribution in [2.75, 3.05) is 14.2 Å². The normalized spacial score (nSPS) is 13.0. The molecular formula is C22H32O2Si. The first-order chi connectivity index (χ1) is 11.7. The van der Waals surface area contributed by atoms with Crippen molar-refractivity contribution in [3.05, 3.63) is 71.8 Å². The monoisotopic (exact) mass is 356 g/mol. The van der Waals surface area contributed by atoms with E-state index in [1.54, 1.807) is 0 Å². The molecule has 0 amide bonds. The fourth-order valence-electron chi connectivity index (χ4n) is 3.76. The zero-order valence-electron chi connectivity index (χ0n) is 16.5. The molecule has 0 aliphatic heterocycles. The van der Waals surface area contributed by atoms with Gasteiger partial charge in [-0.1, -0.05) is 88.4 Å². The Morgan fingerprint density at radius 2 is 0.960 bits per heavy atom. The van der Waals surface area contributed by atoms with Gasteiger partial charge in [-0.25, -0.2) is 0 Å². The Balaban J connectivity index is 2.29. The van der Waals surface area contributed by atoms with Crippen molar-refractivity contribution in [2.24, 2.45) is 0 Å². The van der Waals surface area contributed by atoms with Gasteiger partial charge in [-0.3, -0.25) is 0 Å². The molecule has 0 saturated heterocycles. The molecule has 0 unspecified atom stereocenters. The highest BCUT2D eigenvalue weighted by Gasteiger charge is 2.46. The molecule has 0 aromatic heterocycles. The first-order valence-corrected chi connectivity index (χ1v) is 11.2. The van der Waals surface area contributed by atoms with Crippen LogP contribution in [0.1, 0.15) is 38.8 Å². The summed E-state index contributed by atoms with van der Waals surface area (Å²) in [4.78, 5) is 0. The van der Waals surface area contributed by atoms with Gasteiger partial charge in [0.2, 0.25) is 0 Å². The van der Waals surface area contributed by atoms with E-state index in [9.17, 15) is 0 Å². The van der Waals surface area contributed by atoms with E-state index < -0.39 is 8.56 Å². The second-order valence-corrected chi connectivity index (χ2v) is 11.5. The molecule has 0 radical (unpaired) electrons. The van der Waals surface area contributed by atoms with E-state index in [4.69, 9.17) is 8.85 Å². The van der Waals surface area contributed by atoms with Gasteiger partial charge in [0.15, 0.2) is 0 Å². The molecule has 3 heteroatoms. The van der Waals surface area contributed by atoms with Gasteiger partial charge < -0.3 is 8.85 Å². The number of hydrogen-bond donors (Lipinski definition) is 0. The first-order valence-electron chi connectivity index (χ1n) is 8.96. The highest BCUT2D eigenvalue weighted by Crippen LogP contribution is 2.40. The summed E-state index contributed by atoms with van der Waals surface area (Å²) < 4.78 is 12.2. The highest BCUT2D eigenvalue weighted by atomic mass is 28.4. The Kier molecular flexibility index (Phi) is 6.25. The molecule has 0 fully saturated rings. The third-order valence-electron chi connectivity index (χ3n) is 5.28. The average molecular weight is 357 g/mol. The van der Waals surface area contributed by atoms with Gasteiger partial charge in [0.25, 0.3) is 0 Å². The summed E-state index contributed by atoms with van der Waals surface area (Å²) in [5.41, 5.74) is 2.68. The lowest BCUT2D eigenvalue weighted by molar-refractivity contribution is 0.223. The molecular weight excluding hydrogens is 324 g/mol. The smallest absolute Gasteiger partial charge is 0.339 e. The Bertz CT molecular complexity index is 591. The molecule has 25 heavy (non-hydrogen) atoms. The SMILES string of the molecule is CO[Si](CC(C)(C)c1ccccc1)(CC(C)(C)c1ccccc1)OC. The second-order valence-electron chi connectivity index (χ2n) is 8.17. The average Bonchev–Trinajstić information content (AvgIpc) is 2.62. The summed E-state index contributed by atoms with van der Waals surface area (Å²) in [7, 11) is 1.25. The van der Waals surface area contributed by atoms with Crippen LogP contribution in [0.4, 0.5) is 0 Å². The number of benzene rings is 2. The molecule has 0 heterocycles. The maximum absolute atomic E-state index is 6.12. The molecule has 2 nitrogen and oxygen atoms in total. The van der Waals surface area contributed by atoms with Gasteiger partial charge >= 0.3 is 8.56 Å². The summed E-state index contributed by atoms with van der Waals surface area (Å²) in [5, 5.41) is 0. The molecule has 2 aromatic carbocycles. The minimum absolute atomic E-state index is 0.00622. The molecule has 0 N–H and O–H groups in total. The van der Waals surface area contributed by atoms with Crippen molar-refractivity contribution in [1.82, 2.24) is 0 Å². The van der Waals surface area contributed by atoms with E-state index in [1.807, 2.05) is 14.2 Å². The van der Waals surface area contributed by atoms with Gasteiger partial charge in [0.1, 0.15) is 0 Å². The maximum atomic E-state index is 6.12. The summed E-state index contributed by atoms with van der Waals surface area (Å²) in [5.74, 6) is 0. The standard InChI is InChI=1S/C22H32O2Si/c1-21(2,19-13-9-7-10-14-19)17-25(23-5,24-6)18-22(3,4)20-15-11-8-12-16-20/h7-16H,17-18H2,1-6H3. The third kappa shape index (κ3) is 4.81. The molecule has 0 atom stereocenters. The minimum atomic E-state index is -2.38. The zero-order valence-corrected chi connectivity index (χ0v) is 17.5. The van der Waals surface area contributed by atoms with Gasteiger partial charge in [-0.05, 0) is 22.0 Å². The molecule has 0 aliphatic rings. The summed E-state index contributed by atoms with van der Waals surface area (Å²) >= 11 is 0. The van der Waals surface area contributed by atoms with E-state index >= 15 is 0 Å². The predicted octanol–water partition coefficient (Wildman–Crippen LogP) is 5.68. The van der Waals surface area contributed by atoms with Crippen LogP contribution in [0.15, 0.2) is 60.7 Å². The van der Waals surface area contributed by atoms with E-state index in [0.29, 0.717) is 0 Å². The molecule has 2 rings (SSSR count). The van der Waals surface area contributed by atoms with Crippen LogP contribution >= 0.6 is 0 Å². The van der Waals surface area contributed by atoms with Crippen molar-refractivity contribution in [2.45, 2.75) is 50.6 Å². The lowest BCUT2D eigenvalue weighted by atomic mass is 9.86. The van der Waals surface area contributed by atoms with Crippen LogP contribution in [0.3, 0.4) is 0 Å². The van der Waals surface area contributed by atoms with E-state index in [-0.39, 0.29) is 10.8 Å². The second kappa shape index (κ2) is 7.86. The number of rotatable bonds is 8. The van der Waals surface area contributed by atoms with Crippen molar-refractivity contribution < 1.29 is 8.85 Å². The van der Waals surface area contributed by atoms with Crippen molar-refractivity contribution >= 4 is 8.56 Å². The highest BCUT2D eigenvalue weighted by molar-refractivity contribution is 6.68. The quantitative estimate of drug-likeness (QED) is 0.567. The van der Waals surface area contributed by atoms with Crippen LogP contribution in [0.2, 0.25) is 12.1 Å². The Labute approximate surface area is 154 Å². The zero-order chi connectivity index (χ0) is 18.6. The third-order valence-corrected chi connectivity index (χ3v) is 9.61. The van der Waals surface area contributed by atoms with Gasteiger partial charge in [0.05, 0.1) is 0 Å². The summed E-state index contributed by atoms with van der Waals surface area (Å²) in [6.07, 6.45) is 0. The predicted molar refractivity (Wildman–Crippen MR) is 108 cm³/mol. The van der Waals surface area contributed by atoms with Crippen LogP contribution in [0.25, 0.3) is 0 Å². The largest absolute Gasteiger partial charge is 0.398 e. The Hall–Kier alpha value is -1.42. The molecule has 0 saturated carbocycles. The number of hydrogen-bond acceptors (Lipinski definition) is 2. The van der Waals surface area contributed by atoms with Crippen LogP contribution in [-0.2, 0) is 19.7 Å². The Morgan fingerprint density at radius 3 is 1.24 bits per heavy atom. The molecule has 136 valence electrons. The van der Waals surface area contributed by atoms with Gasteiger partial charge in [-0.2, -0.15) is 0 Å². The molecule has 2 aromatic rings. The van der Waals surface area contributed by atoms with Crippen LogP contribution in [0, 0.1) is 0 Å². The maximum Gasteiger partial charge on any atom is 0.339 e. The fourth-order valence-corrected chi connectivity index (χ4v) is 7.73. The van der Waals surface area contributed by atoms with Crippen molar-refractivity contribution in [1.29, 1.82) is 0 Å². The minimum Gasteiger partial charge on any atom is -0.398 e. The lowest BCUT2D eigenvalue weighted by Gasteiger charge is -2.40. The van der Waals surface area contributed by atoms with E-state index in [0.717, 1.165) is 12.1 Å². The molecule has 0 spiro atoms. The van der Waals surface area contributed by atoms with Crippen molar-refractivity contribution in [3.8, 4) is 0 Å². The van der Waals surface area contributed by atoms with Crippen LogP contribution in [0.5, 0.6) is 0 Å². The molecule has 0 bridgehead atoms. The topological polar surface area (TPSA) is 18.5 Å². The van der Waals surface area contributed by atoms with Crippen LogP contribution in [-0.4, -0.2) is 22.8 Å². The summed E-state index contributed by atoms with van der Waals surface area (Å²) in [6.45, 7) is 9.16.